The molecule has 8 aromatic rings. The van der Waals surface area contributed by atoms with Gasteiger partial charge in [-0.15, -0.1) is 47.5 Å². The SMILES string of the molecule is [2H]C([2H])([2H])c1c[c-]c(-c2ccc(C([2H])([2H])C(C)(C)C)cn2)cc1-c1ccccc1.[2H]C([2H])([2H])c1ccc2oc3c(-c4cc(-c5ccc(C([2H])([2H])C(C)(C)C)cc5C([2H])([2H])[2H])c(C([2H])([2H])[2H])cn4)[c-]ccc3c2c1.[Ir]. The molecule has 0 amide bonds. The second kappa shape index (κ2) is 17.4. The molecule has 3 heterocycles. The average molecular weight is 955 g/mol. The fourth-order valence-electron chi connectivity index (χ4n) is 6.59. The van der Waals surface area contributed by atoms with Gasteiger partial charge in [0.05, 0.1) is 5.58 Å². The van der Waals surface area contributed by atoms with Gasteiger partial charge < -0.3 is 14.4 Å². The maximum atomic E-state index is 8.69. The Balaban J connectivity index is 0.000000258. The van der Waals surface area contributed by atoms with Crippen molar-refractivity contribution in [2.45, 2.75) is 81.7 Å². The fraction of sp³-hybridized carbons (Fsp3) is 0.259. The largest absolute Gasteiger partial charge is 0.501 e. The first-order valence-corrected chi connectivity index (χ1v) is 18.6. The first-order chi connectivity index (χ1) is 33.5. The Morgan fingerprint density at radius 3 is 2.07 bits per heavy atom. The maximum Gasteiger partial charge on any atom is 0.120 e. The van der Waals surface area contributed by atoms with Crippen LogP contribution in [0.1, 0.15) is 96.9 Å². The van der Waals surface area contributed by atoms with Crippen LogP contribution < -0.4 is 0 Å². The molecular formula is C54H54IrN2O-2. The number of hydrogen-bond acceptors (Lipinski definition) is 3. The second-order valence-electron chi connectivity index (χ2n) is 16.0. The summed E-state index contributed by atoms with van der Waals surface area (Å²) in [6, 6.07) is 36.0. The molecule has 0 N–H and O–H groups in total. The van der Waals surface area contributed by atoms with E-state index in [0.29, 0.717) is 49.9 Å². The zero-order valence-corrected chi connectivity index (χ0v) is 35.6. The molecule has 0 atom stereocenters. The molecule has 0 saturated heterocycles. The summed E-state index contributed by atoms with van der Waals surface area (Å²) in [4.78, 5) is 8.86. The van der Waals surface area contributed by atoms with Gasteiger partial charge >= 0.3 is 0 Å². The normalized spacial score (nSPS) is 17.1. The van der Waals surface area contributed by atoms with Crippen LogP contribution in [0.15, 0.2) is 126 Å². The number of nitrogens with zero attached hydrogens (tertiary/aromatic N) is 2. The number of aromatic nitrogens is 2. The molecule has 1 radical (unpaired) electrons. The molecule has 0 bridgehead atoms. The van der Waals surface area contributed by atoms with Crippen LogP contribution in [0.25, 0.3) is 66.7 Å². The average Bonchev–Trinajstić information content (AvgIpc) is 3.68. The Morgan fingerprint density at radius 1 is 0.621 bits per heavy atom. The van der Waals surface area contributed by atoms with Crippen molar-refractivity contribution in [3.8, 4) is 44.8 Å². The second-order valence-corrected chi connectivity index (χ2v) is 16.0. The molecule has 0 fully saturated rings. The van der Waals surface area contributed by atoms with E-state index in [-0.39, 0.29) is 64.7 Å². The quantitative estimate of drug-likeness (QED) is 0.156. The summed E-state index contributed by atoms with van der Waals surface area (Å²) < 4.78 is 137. The van der Waals surface area contributed by atoms with Crippen molar-refractivity contribution in [1.29, 1.82) is 0 Å². The number of furan rings is 1. The Labute approximate surface area is 381 Å². The molecule has 0 aliphatic carbocycles. The Morgan fingerprint density at radius 2 is 1.36 bits per heavy atom. The van der Waals surface area contributed by atoms with Gasteiger partial charge in [0.1, 0.15) is 5.58 Å². The molecule has 0 aliphatic rings. The van der Waals surface area contributed by atoms with Crippen LogP contribution in [0, 0.1) is 50.4 Å². The van der Waals surface area contributed by atoms with E-state index in [1.165, 1.54) is 42.6 Å². The number of fused-ring (bicyclic) bond motifs is 3. The van der Waals surface area contributed by atoms with E-state index in [1.807, 2.05) is 51.1 Å². The van der Waals surface area contributed by atoms with Gasteiger partial charge in [-0.25, -0.2) is 0 Å². The van der Waals surface area contributed by atoms with Gasteiger partial charge in [0.15, 0.2) is 0 Å². The molecule has 8 rings (SSSR count). The first-order valence-electron chi connectivity index (χ1n) is 26.6. The number of pyridine rings is 2. The third kappa shape index (κ3) is 9.92. The van der Waals surface area contributed by atoms with Gasteiger partial charge in [-0.1, -0.05) is 143 Å². The van der Waals surface area contributed by atoms with Gasteiger partial charge in [0.2, 0.25) is 0 Å². The van der Waals surface area contributed by atoms with Crippen LogP contribution >= 0.6 is 0 Å². The number of rotatable bonds is 6. The minimum atomic E-state index is -2.69. The van der Waals surface area contributed by atoms with Crippen LogP contribution in [0.5, 0.6) is 0 Å². The van der Waals surface area contributed by atoms with Crippen LogP contribution in [0.4, 0.5) is 0 Å². The van der Waals surface area contributed by atoms with E-state index >= 15 is 0 Å². The third-order valence-corrected chi connectivity index (χ3v) is 9.01. The minimum absolute atomic E-state index is 0. The van der Waals surface area contributed by atoms with Crippen LogP contribution in [0.3, 0.4) is 0 Å². The summed E-state index contributed by atoms with van der Waals surface area (Å²) in [5.41, 5.74) is 3.70. The molecule has 0 unspecified atom stereocenters. The monoisotopic (exact) mass is 955 g/mol. The Hall–Kier alpha value is -5.15. The van der Waals surface area contributed by atoms with E-state index in [4.69, 9.17) is 26.3 Å². The van der Waals surface area contributed by atoms with Crippen molar-refractivity contribution in [2.24, 2.45) is 10.8 Å². The molecule has 3 nitrogen and oxygen atoms in total. The molecule has 5 aromatic carbocycles. The van der Waals surface area contributed by atoms with E-state index in [1.54, 1.807) is 69.4 Å². The van der Waals surface area contributed by atoms with Gasteiger partial charge in [-0.3, -0.25) is 0 Å². The van der Waals surface area contributed by atoms with Crippen molar-refractivity contribution in [3.63, 3.8) is 0 Å². The van der Waals surface area contributed by atoms with Crippen molar-refractivity contribution in [1.82, 2.24) is 9.97 Å². The number of hydrogen-bond donors (Lipinski definition) is 0. The van der Waals surface area contributed by atoms with E-state index in [9.17, 15) is 0 Å². The van der Waals surface area contributed by atoms with Gasteiger partial charge in [0, 0.05) is 59.8 Å². The van der Waals surface area contributed by atoms with Crippen molar-refractivity contribution < 1.29 is 46.5 Å². The van der Waals surface area contributed by atoms with Crippen LogP contribution in [0.2, 0.25) is 0 Å². The van der Waals surface area contributed by atoms with E-state index < -0.39 is 51.0 Å². The standard InChI is InChI=1S/C31H30NO.C23H24N.Ir/c1-19-10-13-29-27(14-19)24-8-7-9-25(30(24)33-29)28-16-26(21(3)18-32-28)23-12-11-22(15-20(23)2)17-31(4,5)6;1-17-10-12-20(14-21(17)19-8-6-5-7-9-19)22-13-11-18(16-24-22)15-23(2,3)4;/h7-8,10-16,18H,17H2,1-6H3;5-11,13-14,16H,15H2,1-4H3;/q2*-1;/i1D3,2D3,3D3,17D2;1D3,15D2;. The molecule has 3 aromatic heterocycles. The number of benzene rings is 5. The molecular weight excluding hydrogens is 885 g/mol. The fourth-order valence-corrected chi connectivity index (χ4v) is 6.59. The zero-order chi connectivity index (χ0) is 54.1. The molecule has 0 aliphatic heterocycles. The third-order valence-electron chi connectivity index (χ3n) is 9.01. The molecule has 297 valence electrons. The summed E-state index contributed by atoms with van der Waals surface area (Å²) in [6.07, 6.45) is -0.671. The van der Waals surface area contributed by atoms with Gasteiger partial charge in [0.25, 0.3) is 0 Å². The molecule has 58 heavy (non-hydrogen) atoms. The maximum absolute atomic E-state index is 8.69. The summed E-state index contributed by atoms with van der Waals surface area (Å²) in [6.45, 7) is 0.819. The summed E-state index contributed by atoms with van der Waals surface area (Å²) in [5.74, 6) is 0. The zero-order valence-electron chi connectivity index (χ0n) is 49.2. The minimum Gasteiger partial charge on any atom is -0.501 e. The molecule has 0 saturated carbocycles. The van der Waals surface area contributed by atoms with Crippen molar-refractivity contribution in [3.05, 3.63) is 167 Å². The first kappa shape index (κ1) is 26.1. The summed E-state index contributed by atoms with van der Waals surface area (Å²) in [5, 5.41) is 1.19. The van der Waals surface area contributed by atoms with Crippen molar-refractivity contribution in [2.75, 3.05) is 0 Å². The van der Waals surface area contributed by atoms with Gasteiger partial charge in [-0.2, -0.15) is 0 Å². The number of aryl methyl sites for hydroxylation is 4. The van der Waals surface area contributed by atoms with E-state index in [0.717, 1.165) is 5.56 Å². The van der Waals surface area contributed by atoms with Crippen LogP contribution in [-0.4, -0.2) is 9.97 Å². The predicted octanol–water partition coefficient (Wildman–Crippen LogP) is 14.7. The molecule has 4 heteroatoms. The topological polar surface area (TPSA) is 38.9 Å². The van der Waals surface area contributed by atoms with Crippen molar-refractivity contribution >= 4 is 21.9 Å². The van der Waals surface area contributed by atoms with Crippen LogP contribution in [-0.2, 0) is 32.9 Å². The molecule has 0 spiro atoms. The summed E-state index contributed by atoms with van der Waals surface area (Å²) in [7, 11) is 0. The predicted molar refractivity (Wildman–Crippen MR) is 240 cm³/mol. The Kier molecular flexibility index (Phi) is 7.80. The van der Waals surface area contributed by atoms with E-state index in [2.05, 4.69) is 22.1 Å². The van der Waals surface area contributed by atoms with Gasteiger partial charge in [-0.05, 0) is 107 Å². The smallest absolute Gasteiger partial charge is 0.120 e. The Bertz CT molecular complexity index is 3310. The summed E-state index contributed by atoms with van der Waals surface area (Å²) >= 11 is 0.